The number of fused-ring (bicyclic) bond motifs is 1. The van der Waals surface area contributed by atoms with Crippen LogP contribution in [-0.4, -0.2) is 45.4 Å². The molecular formula is C7H12N4O2S2. The highest BCUT2D eigenvalue weighted by atomic mass is 32.1. The van der Waals surface area contributed by atoms with Crippen molar-refractivity contribution in [1.82, 2.24) is 20.4 Å². The first-order valence-electron chi connectivity index (χ1n) is 4.43. The number of hydrogen-bond donors (Lipinski definition) is 4. The normalized spacial score (nSPS) is 34.2. The van der Waals surface area contributed by atoms with E-state index in [-0.39, 0.29) is 30.0 Å². The Bertz CT molecular complexity index is 324. The van der Waals surface area contributed by atoms with E-state index in [0.29, 0.717) is 0 Å². The molecule has 2 aliphatic rings. The van der Waals surface area contributed by atoms with E-state index in [1.165, 1.54) is 9.80 Å². The number of hydrogen-bond acceptors (Lipinski definition) is 4. The van der Waals surface area contributed by atoms with Crippen LogP contribution in [0.3, 0.4) is 0 Å². The maximum Gasteiger partial charge on any atom is 0.321 e. The van der Waals surface area contributed by atoms with Gasteiger partial charge < -0.3 is 10.6 Å². The van der Waals surface area contributed by atoms with Gasteiger partial charge in [0.25, 0.3) is 0 Å². The Morgan fingerprint density at radius 1 is 1.33 bits per heavy atom. The monoisotopic (exact) mass is 248 g/mol. The lowest BCUT2D eigenvalue weighted by Gasteiger charge is -2.31. The molecule has 2 aliphatic heterocycles. The summed E-state index contributed by atoms with van der Waals surface area (Å²) >= 11 is 8.13. The van der Waals surface area contributed by atoms with Crippen molar-refractivity contribution in [2.75, 3.05) is 11.8 Å². The molecule has 0 spiro atoms. The van der Waals surface area contributed by atoms with Crippen LogP contribution in [0.1, 0.15) is 6.92 Å². The summed E-state index contributed by atoms with van der Waals surface area (Å²) in [6.45, 7) is 1.78. The van der Waals surface area contributed by atoms with Gasteiger partial charge in [0.1, 0.15) is 0 Å². The van der Waals surface area contributed by atoms with Crippen LogP contribution in [0.15, 0.2) is 0 Å². The maximum absolute atomic E-state index is 11.6. The van der Waals surface area contributed by atoms with E-state index in [0.717, 1.165) is 0 Å². The Labute approximate surface area is 98.2 Å². The van der Waals surface area contributed by atoms with Crippen LogP contribution in [0.2, 0.25) is 0 Å². The number of nitrogens with zero attached hydrogens (tertiary/aromatic N) is 2. The number of carbonyl (C=O) groups is 2. The van der Waals surface area contributed by atoms with Gasteiger partial charge >= 0.3 is 12.1 Å². The summed E-state index contributed by atoms with van der Waals surface area (Å²) < 4.78 is 0. The van der Waals surface area contributed by atoms with E-state index in [2.05, 4.69) is 35.9 Å². The smallest absolute Gasteiger partial charge is 0.313 e. The molecule has 4 amide bonds. The highest BCUT2D eigenvalue weighted by Crippen LogP contribution is 2.31. The molecule has 15 heavy (non-hydrogen) atoms. The van der Waals surface area contributed by atoms with E-state index in [9.17, 15) is 9.59 Å². The largest absolute Gasteiger partial charge is 0.321 e. The van der Waals surface area contributed by atoms with Crippen molar-refractivity contribution >= 4 is 37.3 Å². The molecule has 2 rings (SSSR count). The van der Waals surface area contributed by atoms with Crippen molar-refractivity contribution in [2.24, 2.45) is 0 Å². The number of rotatable bonds is 2. The summed E-state index contributed by atoms with van der Waals surface area (Å²) in [5, 5.41) is 5.48. The lowest BCUT2D eigenvalue weighted by Crippen LogP contribution is -2.55. The lowest BCUT2D eigenvalue weighted by molar-refractivity contribution is 0.150. The average Bonchev–Trinajstić information content (AvgIpc) is 2.52. The van der Waals surface area contributed by atoms with Crippen molar-refractivity contribution in [3.05, 3.63) is 0 Å². The zero-order chi connectivity index (χ0) is 11.2. The van der Waals surface area contributed by atoms with Gasteiger partial charge in [0.2, 0.25) is 0 Å². The van der Waals surface area contributed by atoms with Gasteiger partial charge in [-0.3, -0.25) is 9.80 Å². The Balaban J connectivity index is 2.34. The van der Waals surface area contributed by atoms with Crippen LogP contribution in [0.4, 0.5) is 9.59 Å². The molecule has 2 N–H and O–H groups in total. The molecule has 2 fully saturated rings. The summed E-state index contributed by atoms with van der Waals surface area (Å²) in [4.78, 5) is 26.0. The molecule has 0 aliphatic carbocycles. The van der Waals surface area contributed by atoms with Gasteiger partial charge in [0.05, 0.1) is 11.8 Å². The third kappa shape index (κ3) is 1.27. The molecule has 84 valence electrons. The fraction of sp³-hybridized carbons (Fsp3) is 0.714. The van der Waals surface area contributed by atoms with Crippen molar-refractivity contribution in [3.8, 4) is 0 Å². The fourth-order valence-corrected chi connectivity index (χ4v) is 2.69. The first kappa shape index (κ1) is 10.7. The second kappa shape index (κ2) is 3.38. The fourth-order valence-electron chi connectivity index (χ4n) is 1.97. The molecule has 0 aromatic rings. The minimum absolute atomic E-state index is 0.232. The van der Waals surface area contributed by atoms with Gasteiger partial charge in [0.15, 0.2) is 11.8 Å². The van der Waals surface area contributed by atoms with Crippen LogP contribution in [0.5, 0.6) is 0 Å². The molecule has 8 heteroatoms. The highest BCUT2D eigenvalue weighted by Gasteiger charge is 2.58. The second-order valence-electron chi connectivity index (χ2n) is 3.61. The molecule has 0 radical (unpaired) electrons. The third-order valence-electron chi connectivity index (χ3n) is 2.82. The first-order valence-corrected chi connectivity index (χ1v) is 5.69. The Morgan fingerprint density at radius 3 is 2.53 bits per heavy atom. The molecule has 2 heterocycles. The summed E-state index contributed by atoms with van der Waals surface area (Å²) in [6, 6.07) is -0.464. The summed E-state index contributed by atoms with van der Waals surface area (Å²) in [5.74, 6) is 0.506. The van der Waals surface area contributed by atoms with E-state index >= 15 is 0 Å². The summed E-state index contributed by atoms with van der Waals surface area (Å²) in [7, 11) is 0. The molecule has 0 saturated carbocycles. The molecule has 2 saturated heterocycles. The van der Waals surface area contributed by atoms with Gasteiger partial charge in [-0.05, 0) is 6.92 Å². The topological polar surface area (TPSA) is 64.7 Å². The quantitative estimate of drug-likeness (QED) is 0.514. The standard InChI is InChI=1S/C7H12N4O2S2/c1-7-4(8-5(12)11(7)3-15)10(2-14)6(13)9-7/h4,14-15H,2-3H2,1H3,(H,8,12)(H,9,13). The van der Waals surface area contributed by atoms with Crippen LogP contribution in [-0.2, 0) is 0 Å². The molecule has 6 nitrogen and oxygen atoms in total. The Morgan fingerprint density at radius 2 is 2.00 bits per heavy atom. The minimum Gasteiger partial charge on any atom is -0.313 e. The summed E-state index contributed by atoms with van der Waals surface area (Å²) in [5.41, 5.74) is -0.737. The molecule has 2 unspecified atom stereocenters. The second-order valence-corrected chi connectivity index (χ2v) is 4.18. The van der Waals surface area contributed by atoms with Crippen molar-refractivity contribution in [2.45, 2.75) is 18.8 Å². The number of urea groups is 2. The number of carbonyl (C=O) groups excluding carboxylic acids is 2. The van der Waals surface area contributed by atoms with Crippen LogP contribution >= 0.6 is 25.3 Å². The van der Waals surface area contributed by atoms with Gasteiger partial charge in [-0.25, -0.2) is 9.59 Å². The van der Waals surface area contributed by atoms with Crippen molar-refractivity contribution in [3.63, 3.8) is 0 Å². The highest BCUT2D eigenvalue weighted by molar-refractivity contribution is 7.80. The Kier molecular flexibility index (Phi) is 2.42. The van der Waals surface area contributed by atoms with Crippen LogP contribution in [0, 0.1) is 0 Å². The number of nitrogens with one attached hydrogen (secondary N) is 2. The first-order chi connectivity index (χ1) is 7.04. The van der Waals surface area contributed by atoms with Crippen molar-refractivity contribution < 1.29 is 9.59 Å². The zero-order valence-corrected chi connectivity index (χ0v) is 9.89. The number of thiol groups is 2. The zero-order valence-electron chi connectivity index (χ0n) is 8.10. The molecule has 0 bridgehead atoms. The van der Waals surface area contributed by atoms with E-state index < -0.39 is 5.66 Å². The summed E-state index contributed by atoms with van der Waals surface area (Å²) in [6.07, 6.45) is -0.387. The van der Waals surface area contributed by atoms with E-state index in [1.54, 1.807) is 6.92 Å². The molecule has 0 aromatic heterocycles. The maximum atomic E-state index is 11.6. The SMILES string of the molecule is CC12NC(=O)N(CS)C1NC(=O)N2CS. The predicted octanol–water partition coefficient (Wildman–Crippen LogP) is -0.146. The third-order valence-corrected chi connectivity index (χ3v) is 3.41. The Hall–Kier alpha value is -0.760. The van der Waals surface area contributed by atoms with Gasteiger partial charge in [-0.1, -0.05) is 0 Å². The van der Waals surface area contributed by atoms with Gasteiger partial charge in [0, 0.05) is 0 Å². The van der Waals surface area contributed by atoms with Crippen LogP contribution < -0.4 is 10.6 Å². The van der Waals surface area contributed by atoms with Gasteiger partial charge in [-0.2, -0.15) is 25.3 Å². The minimum atomic E-state index is -0.737. The molecule has 0 aromatic carbocycles. The van der Waals surface area contributed by atoms with Crippen LogP contribution in [0.25, 0.3) is 0 Å². The lowest BCUT2D eigenvalue weighted by atomic mass is 10.1. The van der Waals surface area contributed by atoms with Crippen molar-refractivity contribution in [1.29, 1.82) is 0 Å². The predicted molar refractivity (Wildman–Crippen MR) is 60.6 cm³/mol. The van der Waals surface area contributed by atoms with Gasteiger partial charge in [-0.15, -0.1) is 0 Å². The molecule has 2 atom stereocenters. The molecular weight excluding hydrogens is 236 g/mol. The van der Waals surface area contributed by atoms with E-state index in [1.807, 2.05) is 0 Å². The van der Waals surface area contributed by atoms with E-state index in [4.69, 9.17) is 0 Å². The number of amides is 4. The average molecular weight is 248 g/mol.